The molecule has 1 saturated heterocycles. The van der Waals surface area contributed by atoms with Gasteiger partial charge in [0.1, 0.15) is 12.4 Å². The highest BCUT2D eigenvalue weighted by Gasteiger charge is 2.16. The predicted octanol–water partition coefficient (Wildman–Crippen LogP) is 2.15. The minimum atomic E-state index is -0.432. The van der Waals surface area contributed by atoms with Crippen LogP contribution >= 0.6 is 24.8 Å². The minimum absolute atomic E-state index is 0. The molecule has 1 aliphatic rings. The molecular formula is C18H32Cl2N2O3. The molecule has 0 bridgehead atoms. The van der Waals surface area contributed by atoms with E-state index >= 15 is 0 Å². The van der Waals surface area contributed by atoms with Gasteiger partial charge in [-0.2, -0.15) is 0 Å². The molecule has 146 valence electrons. The molecule has 2 rings (SSSR count). The SMILES string of the molecule is Cc1cccc(C)c1OCCOCC(O)CN1CCN(C)CC1.Cl.Cl. The number of para-hydroxylation sites is 1. The first-order valence-electron chi connectivity index (χ1n) is 8.42. The average molecular weight is 395 g/mol. The lowest BCUT2D eigenvalue weighted by Crippen LogP contribution is -2.47. The summed E-state index contributed by atoms with van der Waals surface area (Å²) < 4.78 is 11.3. The first-order valence-corrected chi connectivity index (χ1v) is 8.42. The van der Waals surface area contributed by atoms with Gasteiger partial charge in [-0.1, -0.05) is 18.2 Å². The van der Waals surface area contributed by atoms with Crippen LogP contribution in [-0.2, 0) is 4.74 Å². The normalized spacial score (nSPS) is 16.6. The molecule has 1 aliphatic heterocycles. The van der Waals surface area contributed by atoms with Gasteiger partial charge in [0.15, 0.2) is 0 Å². The molecule has 25 heavy (non-hydrogen) atoms. The number of nitrogens with zero attached hydrogens (tertiary/aromatic N) is 2. The molecule has 0 aromatic heterocycles. The number of likely N-dealkylation sites (N-methyl/N-ethyl adjacent to an activating group) is 1. The largest absolute Gasteiger partial charge is 0.491 e. The zero-order chi connectivity index (χ0) is 16.7. The molecule has 0 spiro atoms. The Bertz CT molecular complexity index is 463. The van der Waals surface area contributed by atoms with Crippen molar-refractivity contribution in [2.45, 2.75) is 20.0 Å². The van der Waals surface area contributed by atoms with Crippen LogP contribution < -0.4 is 4.74 Å². The Morgan fingerprint density at radius 1 is 1.04 bits per heavy atom. The van der Waals surface area contributed by atoms with E-state index in [1.807, 2.05) is 32.0 Å². The first-order chi connectivity index (χ1) is 11.1. The summed E-state index contributed by atoms with van der Waals surface area (Å²) in [6, 6.07) is 6.12. The third-order valence-electron chi connectivity index (χ3n) is 4.26. The van der Waals surface area contributed by atoms with Crippen molar-refractivity contribution in [2.24, 2.45) is 0 Å². The fraction of sp³-hybridized carbons (Fsp3) is 0.667. The van der Waals surface area contributed by atoms with Crippen molar-refractivity contribution >= 4 is 24.8 Å². The molecule has 1 aromatic carbocycles. The highest BCUT2D eigenvalue weighted by atomic mass is 35.5. The predicted molar refractivity (Wildman–Crippen MR) is 107 cm³/mol. The highest BCUT2D eigenvalue weighted by Crippen LogP contribution is 2.21. The fourth-order valence-electron chi connectivity index (χ4n) is 2.83. The van der Waals surface area contributed by atoms with Crippen LogP contribution in [0.4, 0.5) is 0 Å². The molecule has 1 fully saturated rings. The summed E-state index contributed by atoms with van der Waals surface area (Å²) in [6.07, 6.45) is -0.432. The van der Waals surface area contributed by atoms with E-state index in [0.29, 0.717) is 26.4 Å². The van der Waals surface area contributed by atoms with E-state index in [-0.39, 0.29) is 24.8 Å². The molecule has 0 aliphatic carbocycles. The van der Waals surface area contributed by atoms with Gasteiger partial charge in [0, 0.05) is 32.7 Å². The summed E-state index contributed by atoms with van der Waals surface area (Å²) in [4.78, 5) is 4.60. The second-order valence-corrected chi connectivity index (χ2v) is 6.40. The Morgan fingerprint density at radius 2 is 1.64 bits per heavy atom. The van der Waals surface area contributed by atoms with Gasteiger partial charge < -0.3 is 19.5 Å². The van der Waals surface area contributed by atoms with Crippen LogP contribution in [0.5, 0.6) is 5.75 Å². The number of hydrogen-bond donors (Lipinski definition) is 1. The van der Waals surface area contributed by atoms with Crippen LogP contribution in [0.3, 0.4) is 0 Å². The lowest BCUT2D eigenvalue weighted by atomic mass is 10.1. The van der Waals surface area contributed by atoms with Crippen LogP contribution in [0.1, 0.15) is 11.1 Å². The van der Waals surface area contributed by atoms with Crippen molar-refractivity contribution in [1.82, 2.24) is 9.80 Å². The maximum absolute atomic E-state index is 10.1. The zero-order valence-corrected chi connectivity index (χ0v) is 17.1. The summed E-state index contributed by atoms with van der Waals surface area (Å²) in [5.74, 6) is 0.939. The lowest BCUT2D eigenvalue weighted by molar-refractivity contribution is 0.00140. The molecule has 0 amide bonds. The number of aliphatic hydroxyl groups excluding tert-OH is 1. The smallest absolute Gasteiger partial charge is 0.125 e. The summed E-state index contributed by atoms with van der Waals surface area (Å²) in [7, 11) is 2.13. The van der Waals surface area contributed by atoms with Crippen LogP contribution in [0.2, 0.25) is 0 Å². The summed E-state index contributed by atoms with van der Waals surface area (Å²) >= 11 is 0. The first kappa shape index (κ1) is 24.4. The van der Waals surface area contributed by atoms with E-state index in [1.54, 1.807) is 0 Å². The van der Waals surface area contributed by atoms with Gasteiger partial charge in [0.05, 0.1) is 19.3 Å². The van der Waals surface area contributed by atoms with Gasteiger partial charge in [-0.05, 0) is 32.0 Å². The Labute approximate surface area is 164 Å². The molecule has 5 nitrogen and oxygen atoms in total. The highest BCUT2D eigenvalue weighted by molar-refractivity contribution is 5.85. The monoisotopic (exact) mass is 394 g/mol. The molecule has 1 N–H and O–H groups in total. The second-order valence-electron chi connectivity index (χ2n) is 6.40. The number of aryl methyl sites for hydroxylation is 2. The number of ether oxygens (including phenoxy) is 2. The summed E-state index contributed by atoms with van der Waals surface area (Å²) in [5.41, 5.74) is 2.28. The van der Waals surface area contributed by atoms with Gasteiger partial charge in [-0.15, -0.1) is 24.8 Å². The van der Waals surface area contributed by atoms with Crippen molar-refractivity contribution in [3.63, 3.8) is 0 Å². The number of piperazine rings is 1. The number of halogens is 2. The third-order valence-corrected chi connectivity index (χ3v) is 4.26. The van der Waals surface area contributed by atoms with Gasteiger partial charge in [0.2, 0.25) is 0 Å². The molecular weight excluding hydrogens is 363 g/mol. The van der Waals surface area contributed by atoms with E-state index in [9.17, 15) is 5.11 Å². The Hall–Kier alpha value is -0.560. The molecule has 0 radical (unpaired) electrons. The lowest BCUT2D eigenvalue weighted by Gasteiger charge is -2.33. The van der Waals surface area contributed by atoms with Crippen molar-refractivity contribution in [2.75, 3.05) is 59.6 Å². The standard InChI is InChI=1S/C18H30N2O3.2ClH/c1-15-5-4-6-16(2)18(15)23-12-11-22-14-17(21)13-20-9-7-19(3)8-10-20;;/h4-6,17,21H,7-14H2,1-3H3;2*1H. The Morgan fingerprint density at radius 3 is 2.24 bits per heavy atom. The zero-order valence-electron chi connectivity index (χ0n) is 15.4. The maximum Gasteiger partial charge on any atom is 0.125 e. The Kier molecular flexibility index (Phi) is 12.5. The molecule has 1 atom stereocenters. The number of aliphatic hydroxyl groups is 1. The topological polar surface area (TPSA) is 45.2 Å². The fourth-order valence-corrected chi connectivity index (χ4v) is 2.83. The van der Waals surface area contributed by atoms with E-state index in [1.165, 1.54) is 0 Å². The van der Waals surface area contributed by atoms with Crippen LogP contribution in [0.15, 0.2) is 18.2 Å². The van der Waals surface area contributed by atoms with E-state index in [2.05, 4.69) is 16.8 Å². The van der Waals surface area contributed by atoms with Crippen molar-refractivity contribution in [3.05, 3.63) is 29.3 Å². The maximum atomic E-state index is 10.1. The number of hydrogen-bond acceptors (Lipinski definition) is 5. The summed E-state index contributed by atoms with van der Waals surface area (Å²) in [5, 5.41) is 10.1. The molecule has 0 saturated carbocycles. The number of benzene rings is 1. The van der Waals surface area contributed by atoms with Crippen molar-refractivity contribution < 1.29 is 14.6 Å². The number of β-amino-alcohol motifs (C(OH)–C–C–N with tert-alkyl or cyclic N) is 1. The van der Waals surface area contributed by atoms with E-state index in [4.69, 9.17) is 9.47 Å². The minimum Gasteiger partial charge on any atom is -0.491 e. The number of rotatable bonds is 8. The Balaban J connectivity index is 0.00000288. The summed E-state index contributed by atoms with van der Waals surface area (Å²) in [6.45, 7) is 10.3. The van der Waals surface area contributed by atoms with Gasteiger partial charge >= 0.3 is 0 Å². The molecule has 7 heteroatoms. The quantitative estimate of drug-likeness (QED) is 0.684. The van der Waals surface area contributed by atoms with Gasteiger partial charge in [0.25, 0.3) is 0 Å². The van der Waals surface area contributed by atoms with E-state index in [0.717, 1.165) is 43.1 Å². The van der Waals surface area contributed by atoms with Crippen LogP contribution in [0.25, 0.3) is 0 Å². The average Bonchev–Trinajstić information content (AvgIpc) is 2.52. The third kappa shape index (κ3) is 8.58. The van der Waals surface area contributed by atoms with Crippen LogP contribution in [0, 0.1) is 13.8 Å². The second kappa shape index (κ2) is 12.7. The molecule has 1 aromatic rings. The molecule has 1 unspecified atom stereocenters. The molecule has 1 heterocycles. The van der Waals surface area contributed by atoms with E-state index < -0.39 is 6.10 Å². The van der Waals surface area contributed by atoms with Gasteiger partial charge in [-0.3, -0.25) is 4.90 Å². The van der Waals surface area contributed by atoms with Crippen molar-refractivity contribution in [3.8, 4) is 5.75 Å². The van der Waals surface area contributed by atoms with Crippen LogP contribution in [-0.4, -0.2) is 80.6 Å². The van der Waals surface area contributed by atoms with Crippen molar-refractivity contribution in [1.29, 1.82) is 0 Å². The van der Waals surface area contributed by atoms with Gasteiger partial charge in [-0.25, -0.2) is 0 Å².